The third-order valence-electron chi connectivity index (χ3n) is 5.43. The van der Waals surface area contributed by atoms with Crippen LogP contribution in [0.2, 0.25) is 0 Å². The molecule has 140 valence electrons. The Kier molecular flexibility index (Phi) is 5.13. The number of nitrogens with one attached hydrogen (secondary N) is 1. The Morgan fingerprint density at radius 1 is 1.27 bits per heavy atom. The molecule has 0 bridgehead atoms. The maximum atomic E-state index is 11.6. The van der Waals surface area contributed by atoms with E-state index in [1.807, 2.05) is 17.2 Å². The van der Waals surface area contributed by atoms with Gasteiger partial charge in [-0.3, -0.25) is 4.79 Å². The van der Waals surface area contributed by atoms with Crippen molar-refractivity contribution in [2.45, 2.75) is 32.0 Å². The minimum Gasteiger partial charge on any atom is -0.490 e. The van der Waals surface area contributed by atoms with Gasteiger partial charge in [-0.1, -0.05) is 6.07 Å². The molecular formula is C20H27N3O3. The van der Waals surface area contributed by atoms with E-state index < -0.39 is 0 Å². The van der Waals surface area contributed by atoms with Crippen LogP contribution < -0.4 is 4.74 Å². The van der Waals surface area contributed by atoms with Crippen LogP contribution in [0.25, 0.3) is 10.9 Å². The Hall–Kier alpha value is -2.05. The molecule has 1 amide bonds. The molecule has 2 aliphatic rings. The van der Waals surface area contributed by atoms with Crippen LogP contribution in [0.4, 0.5) is 0 Å². The van der Waals surface area contributed by atoms with Crippen molar-refractivity contribution in [1.82, 2.24) is 14.8 Å². The number of aromatic amines is 1. The first-order chi connectivity index (χ1) is 12.7. The quantitative estimate of drug-likeness (QED) is 0.912. The zero-order valence-corrected chi connectivity index (χ0v) is 15.3. The van der Waals surface area contributed by atoms with Gasteiger partial charge in [0.25, 0.3) is 0 Å². The third kappa shape index (κ3) is 3.86. The van der Waals surface area contributed by atoms with E-state index in [0.29, 0.717) is 19.7 Å². The van der Waals surface area contributed by atoms with E-state index in [1.165, 1.54) is 0 Å². The van der Waals surface area contributed by atoms with Gasteiger partial charge in [-0.15, -0.1) is 0 Å². The van der Waals surface area contributed by atoms with Gasteiger partial charge in [0, 0.05) is 56.7 Å². The van der Waals surface area contributed by atoms with E-state index in [2.05, 4.69) is 28.1 Å². The lowest BCUT2D eigenvalue weighted by atomic mass is 10.1. The number of H-pyrrole nitrogens is 1. The average Bonchev–Trinajstić information content (AvgIpc) is 3.13. The largest absolute Gasteiger partial charge is 0.490 e. The zero-order valence-electron chi connectivity index (χ0n) is 15.3. The van der Waals surface area contributed by atoms with E-state index in [0.717, 1.165) is 49.1 Å². The molecule has 0 saturated carbocycles. The summed E-state index contributed by atoms with van der Waals surface area (Å²) in [6, 6.07) is 8.22. The number of carbonyl (C=O) groups excluding carboxylic acids is 1. The van der Waals surface area contributed by atoms with Crippen LogP contribution in [0.15, 0.2) is 30.5 Å². The molecule has 1 aromatic carbocycles. The highest BCUT2D eigenvalue weighted by Crippen LogP contribution is 2.27. The Balaban J connectivity index is 1.28. The molecule has 6 nitrogen and oxygen atoms in total. The number of hydrogen-bond acceptors (Lipinski definition) is 4. The number of amides is 1. The normalized spacial score (nSPS) is 22.7. The van der Waals surface area contributed by atoms with Crippen molar-refractivity contribution in [2.75, 3.05) is 39.3 Å². The van der Waals surface area contributed by atoms with Gasteiger partial charge < -0.3 is 24.3 Å². The van der Waals surface area contributed by atoms with Gasteiger partial charge in [0.2, 0.25) is 5.91 Å². The Bertz CT molecular complexity index is 752. The number of morpholine rings is 1. The Labute approximate surface area is 154 Å². The summed E-state index contributed by atoms with van der Waals surface area (Å²) in [5, 5.41) is 1.15. The fourth-order valence-electron chi connectivity index (χ4n) is 3.95. The molecule has 1 aromatic heterocycles. The number of aromatic nitrogens is 1. The molecule has 3 heterocycles. The molecule has 1 unspecified atom stereocenters. The summed E-state index contributed by atoms with van der Waals surface area (Å²) in [6.07, 6.45) is 4.37. The molecule has 0 aliphatic carbocycles. The number of carbonyl (C=O) groups is 1. The molecule has 2 aliphatic heterocycles. The highest BCUT2D eigenvalue weighted by molar-refractivity contribution is 5.85. The van der Waals surface area contributed by atoms with E-state index >= 15 is 0 Å². The highest BCUT2D eigenvalue weighted by atomic mass is 16.5. The lowest BCUT2D eigenvalue weighted by Crippen LogP contribution is -2.50. The molecule has 1 atom stereocenters. The molecule has 2 saturated heterocycles. The second-order valence-corrected chi connectivity index (χ2v) is 7.27. The summed E-state index contributed by atoms with van der Waals surface area (Å²) in [7, 11) is 0. The number of rotatable bonds is 4. The van der Waals surface area contributed by atoms with Crippen molar-refractivity contribution in [3.05, 3.63) is 30.5 Å². The van der Waals surface area contributed by atoms with Crippen LogP contribution in [0.3, 0.4) is 0 Å². The first-order valence-corrected chi connectivity index (χ1v) is 9.51. The van der Waals surface area contributed by atoms with E-state index in [9.17, 15) is 4.79 Å². The number of hydrogen-bond donors (Lipinski definition) is 1. The van der Waals surface area contributed by atoms with Gasteiger partial charge >= 0.3 is 0 Å². The van der Waals surface area contributed by atoms with Gasteiger partial charge in [-0.2, -0.15) is 0 Å². The number of piperidine rings is 1. The first kappa shape index (κ1) is 17.4. The van der Waals surface area contributed by atoms with Crippen molar-refractivity contribution in [2.24, 2.45) is 0 Å². The van der Waals surface area contributed by atoms with Crippen LogP contribution in [-0.2, 0) is 9.53 Å². The van der Waals surface area contributed by atoms with Crippen molar-refractivity contribution in [3.63, 3.8) is 0 Å². The monoisotopic (exact) mass is 357 g/mol. The topological polar surface area (TPSA) is 57.8 Å². The van der Waals surface area contributed by atoms with E-state index in [1.54, 1.807) is 6.92 Å². The van der Waals surface area contributed by atoms with Gasteiger partial charge in [-0.25, -0.2) is 0 Å². The Morgan fingerprint density at radius 3 is 2.92 bits per heavy atom. The van der Waals surface area contributed by atoms with Crippen molar-refractivity contribution < 1.29 is 14.3 Å². The summed E-state index contributed by atoms with van der Waals surface area (Å²) < 4.78 is 12.1. The summed E-state index contributed by atoms with van der Waals surface area (Å²) in [4.78, 5) is 19.1. The summed E-state index contributed by atoms with van der Waals surface area (Å²) in [6.45, 7) is 6.61. The lowest BCUT2D eigenvalue weighted by Gasteiger charge is -2.38. The first-order valence-electron chi connectivity index (χ1n) is 9.51. The van der Waals surface area contributed by atoms with E-state index in [4.69, 9.17) is 9.47 Å². The molecule has 2 aromatic rings. The second-order valence-electron chi connectivity index (χ2n) is 7.27. The number of fused-ring (bicyclic) bond motifs is 1. The molecule has 0 spiro atoms. The van der Waals surface area contributed by atoms with Crippen molar-refractivity contribution >= 4 is 16.8 Å². The molecular weight excluding hydrogens is 330 g/mol. The predicted octanol–water partition coefficient (Wildman–Crippen LogP) is 2.26. The standard InChI is InChI=1S/C20H27N3O3/c1-15(24)23-11-12-25-17(14-23)13-22-9-6-16(7-10-22)26-20-4-2-3-19-18(20)5-8-21-19/h2-5,8,16-17,21H,6-7,9-14H2,1H3. The summed E-state index contributed by atoms with van der Waals surface area (Å²) in [5.41, 5.74) is 1.12. The molecule has 1 N–H and O–H groups in total. The minimum atomic E-state index is 0.124. The second kappa shape index (κ2) is 7.68. The van der Waals surface area contributed by atoms with Crippen LogP contribution in [-0.4, -0.2) is 72.2 Å². The molecule has 2 fully saturated rings. The van der Waals surface area contributed by atoms with Crippen LogP contribution in [0.5, 0.6) is 5.75 Å². The SMILES string of the molecule is CC(=O)N1CCOC(CN2CCC(Oc3cccc4[nH]ccc34)CC2)C1. The third-order valence-corrected chi connectivity index (χ3v) is 5.43. The zero-order chi connectivity index (χ0) is 17.9. The number of likely N-dealkylation sites (tertiary alicyclic amines) is 1. The maximum absolute atomic E-state index is 11.6. The van der Waals surface area contributed by atoms with E-state index in [-0.39, 0.29) is 18.1 Å². The fourth-order valence-corrected chi connectivity index (χ4v) is 3.95. The Morgan fingerprint density at radius 2 is 2.12 bits per heavy atom. The van der Waals surface area contributed by atoms with Crippen LogP contribution in [0, 0.1) is 0 Å². The number of benzene rings is 1. The van der Waals surface area contributed by atoms with Gasteiger partial charge in [-0.05, 0) is 31.0 Å². The molecule has 0 radical (unpaired) electrons. The maximum Gasteiger partial charge on any atom is 0.219 e. The highest BCUT2D eigenvalue weighted by Gasteiger charge is 2.27. The molecule has 4 rings (SSSR count). The number of ether oxygens (including phenoxy) is 2. The number of nitrogens with zero attached hydrogens (tertiary/aromatic N) is 2. The lowest BCUT2D eigenvalue weighted by molar-refractivity contribution is -0.137. The van der Waals surface area contributed by atoms with Gasteiger partial charge in [0.15, 0.2) is 0 Å². The summed E-state index contributed by atoms with van der Waals surface area (Å²) in [5.74, 6) is 1.11. The molecule has 6 heteroatoms. The average molecular weight is 357 g/mol. The summed E-state index contributed by atoms with van der Waals surface area (Å²) >= 11 is 0. The van der Waals surface area contributed by atoms with Crippen molar-refractivity contribution in [1.29, 1.82) is 0 Å². The predicted molar refractivity (Wildman–Crippen MR) is 100 cm³/mol. The molecule has 26 heavy (non-hydrogen) atoms. The minimum absolute atomic E-state index is 0.124. The fraction of sp³-hybridized carbons (Fsp3) is 0.550. The van der Waals surface area contributed by atoms with Gasteiger partial charge in [0.05, 0.1) is 12.7 Å². The smallest absolute Gasteiger partial charge is 0.219 e. The van der Waals surface area contributed by atoms with Crippen molar-refractivity contribution in [3.8, 4) is 5.75 Å². The van der Waals surface area contributed by atoms with Gasteiger partial charge in [0.1, 0.15) is 11.9 Å². The van der Waals surface area contributed by atoms with Crippen LogP contribution in [0.1, 0.15) is 19.8 Å². The van der Waals surface area contributed by atoms with Crippen LogP contribution >= 0.6 is 0 Å².